The summed E-state index contributed by atoms with van der Waals surface area (Å²) in [6.45, 7) is 3.85. The summed E-state index contributed by atoms with van der Waals surface area (Å²) in [6.07, 6.45) is 5.45. The van der Waals surface area contributed by atoms with E-state index in [1.165, 1.54) is 27.4 Å². The largest absolute Gasteiger partial charge is 0.496 e. The van der Waals surface area contributed by atoms with Crippen molar-refractivity contribution in [1.29, 1.82) is 0 Å². The number of nitrogens with two attached hydrogens (primary N) is 1. The molecule has 36 heavy (non-hydrogen) atoms. The summed E-state index contributed by atoms with van der Waals surface area (Å²) in [6, 6.07) is 8.32. The molecule has 2 rings (SSSR count). The molecule has 2 aromatic rings. The molecule has 0 saturated heterocycles. The van der Waals surface area contributed by atoms with Gasteiger partial charge in [-0.05, 0) is 37.5 Å². The number of ketones is 1. The maximum atomic E-state index is 13.4. The molecular formula is C26H33NO8S. The maximum Gasteiger partial charge on any atom is 0.213 e. The van der Waals surface area contributed by atoms with Crippen LogP contribution in [0.1, 0.15) is 40.9 Å². The monoisotopic (exact) mass is 519 g/mol. The van der Waals surface area contributed by atoms with Gasteiger partial charge in [0.2, 0.25) is 10.0 Å². The molecular weight excluding hydrogens is 486 g/mol. The van der Waals surface area contributed by atoms with E-state index in [9.17, 15) is 13.2 Å². The molecule has 0 atom stereocenters. The minimum Gasteiger partial charge on any atom is -0.496 e. The van der Waals surface area contributed by atoms with Gasteiger partial charge in [0.05, 0.1) is 12.9 Å². The summed E-state index contributed by atoms with van der Waals surface area (Å²) in [5.74, 6) is 0.398. The predicted molar refractivity (Wildman–Crippen MR) is 138 cm³/mol. The molecule has 9 nitrogen and oxygen atoms in total. The number of primary sulfonamides is 1. The first kappa shape index (κ1) is 29.1. The van der Waals surface area contributed by atoms with Gasteiger partial charge in [-0.3, -0.25) is 4.79 Å². The number of methoxy groups -OCH3 is 3. The van der Waals surface area contributed by atoms with Gasteiger partial charge < -0.3 is 23.7 Å². The Morgan fingerprint density at radius 1 is 0.972 bits per heavy atom. The van der Waals surface area contributed by atoms with Crippen molar-refractivity contribution < 1.29 is 36.9 Å². The zero-order valence-electron chi connectivity index (χ0n) is 21.2. The molecule has 10 heteroatoms. The van der Waals surface area contributed by atoms with E-state index in [0.717, 1.165) is 5.57 Å². The Kier molecular flexibility index (Phi) is 11.1. The standard InChI is InChI=1S/C26H33NO8S/c1-18(2)6-12-21-23(34-16-31-3)14-24(33-5)25(26(21)35-17-32-4)22(28)13-11-19-7-9-20(10-8-19)15-36(27,29)30/h6-11,13-14H,12,15-17H2,1-5H3,(H2,27,29,30)/b13-11+. The molecule has 2 aromatic carbocycles. The molecule has 0 aliphatic carbocycles. The average molecular weight is 520 g/mol. The van der Waals surface area contributed by atoms with Crippen molar-refractivity contribution in [3.05, 3.63) is 70.3 Å². The van der Waals surface area contributed by atoms with E-state index in [0.29, 0.717) is 28.9 Å². The molecule has 0 aromatic heterocycles. The quantitative estimate of drug-likeness (QED) is 0.173. The number of ether oxygens (including phenoxy) is 5. The zero-order valence-corrected chi connectivity index (χ0v) is 22.0. The Balaban J connectivity index is 2.52. The lowest BCUT2D eigenvalue weighted by atomic mass is 9.98. The number of carbonyl (C=O) groups is 1. The van der Waals surface area contributed by atoms with E-state index >= 15 is 0 Å². The van der Waals surface area contributed by atoms with Crippen molar-refractivity contribution in [2.24, 2.45) is 5.14 Å². The lowest BCUT2D eigenvalue weighted by molar-refractivity contribution is 0.0441. The molecule has 0 saturated carbocycles. The van der Waals surface area contributed by atoms with Crippen LogP contribution in [0.4, 0.5) is 0 Å². The van der Waals surface area contributed by atoms with Gasteiger partial charge in [-0.25, -0.2) is 13.6 Å². The Morgan fingerprint density at radius 3 is 2.17 bits per heavy atom. The van der Waals surface area contributed by atoms with Gasteiger partial charge in [-0.1, -0.05) is 42.0 Å². The first-order valence-electron chi connectivity index (χ1n) is 11.0. The van der Waals surface area contributed by atoms with Crippen LogP contribution in [0.25, 0.3) is 6.08 Å². The van der Waals surface area contributed by atoms with E-state index in [1.807, 2.05) is 19.9 Å². The SMILES string of the molecule is COCOc1cc(OC)c(C(=O)/C=C/c2ccc(CS(N)(=O)=O)cc2)c(OCOC)c1CC=C(C)C. The maximum absolute atomic E-state index is 13.4. The fraction of sp³-hybridized carbons (Fsp3) is 0.346. The number of rotatable bonds is 14. The van der Waals surface area contributed by atoms with E-state index in [4.69, 9.17) is 28.8 Å². The minimum atomic E-state index is -3.63. The van der Waals surface area contributed by atoms with Crippen LogP contribution in [0.15, 0.2) is 48.1 Å². The molecule has 196 valence electrons. The van der Waals surface area contributed by atoms with Crippen molar-refractivity contribution in [2.75, 3.05) is 34.9 Å². The highest BCUT2D eigenvalue weighted by atomic mass is 32.2. The van der Waals surface area contributed by atoms with E-state index in [-0.39, 0.29) is 42.2 Å². The van der Waals surface area contributed by atoms with Gasteiger partial charge in [0.25, 0.3) is 0 Å². The van der Waals surface area contributed by atoms with Crippen LogP contribution >= 0.6 is 0 Å². The first-order valence-corrected chi connectivity index (χ1v) is 12.7. The number of hydrogen-bond donors (Lipinski definition) is 1. The average Bonchev–Trinajstić information content (AvgIpc) is 2.82. The summed E-state index contributed by atoms with van der Waals surface area (Å²) in [7, 11) is 0.825. The Bertz CT molecular complexity index is 1200. The summed E-state index contributed by atoms with van der Waals surface area (Å²) >= 11 is 0. The number of carbonyl (C=O) groups excluding carboxylic acids is 1. The highest BCUT2D eigenvalue weighted by Gasteiger charge is 2.25. The molecule has 0 amide bonds. The lowest BCUT2D eigenvalue weighted by Gasteiger charge is -2.20. The topological polar surface area (TPSA) is 123 Å². The molecule has 0 bridgehead atoms. The highest BCUT2D eigenvalue weighted by Crippen LogP contribution is 2.41. The Morgan fingerprint density at radius 2 is 1.61 bits per heavy atom. The summed E-state index contributed by atoms with van der Waals surface area (Å²) < 4.78 is 49.9. The van der Waals surface area contributed by atoms with Crippen LogP contribution in [-0.4, -0.2) is 49.1 Å². The second-order valence-corrected chi connectivity index (χ2v) is 9.71. The third-order valence-electron chi connectivity index (χ3n) is 4.92. The predicted octanol–water partition coefficient (Wildman–Crippen LogP) is 3.85. The fourth-order valence-corrected chi connectivity index (χ4v) is 3.94. The van der Waals surface area contributed by atoms with Crippen molar-refractivity contribution in [3.8, 4) is 17.2 Å². The van der Waals surface area contributed by atoms with E-state index < -0.39 is 10.0 Å². The molecule has 2 N–H and O–H groups in total. The third kappa shape index (κ3) is 8.80. The van der Waals surface area contributed by atoms with Crippen molar-refractivity contribution in [3.63, 3.8) is 0 Å². The van der Waals surface area contributed by atoms with E-state index in [1.54, 1.807) is 36.4 Å². The normalized spacial score (nSPS) is 11.4. The number of allylic oxidation sites excluding steroid dienone is 3. The van der Waals surface area contributed by atoms with Crippen molar-refractivity contribution >= 4 is 21.9 Å². The zero-order chi connectivity index (χ0) is 26.7. The van der Waals surface area contributed by atoms with Crippen LogP contribution < -0.4 is 19.3 Å². The Hall–Kier alpha value is -3.18. The second-order valence-electron chi connectivity index (χ2n) is 8.09. The molecule has 0 heterocycles. The second kappa shape index (κ2) is 13.8. The third-order valence-corrected chi connectivity index (χ3v) is 5.65. The fourth-order valence-electron chi connectivity index (χ4n) is 3.29. The summed E-state index contributed by atoms with van der Waals surface area (Å²) in [4.78, 5) is 13.4. The number of sulfonamides is 1. The summed E-state index contributed by atoms with van der Waals surface area (Å²) in [5.41, 5.74) is 3.20. The highest BCUT2D eigenvalue weighted by molar-refractivity contribution is 7.88. The number of hydrogen-bond acceptors (Lipinski definition) is 8. The molecule has 0 radical (unpaired) electrons. The van der Waals surface area contributed by atoms with Crippen LogP contribution in [0, 0.1) is 0 Å². The van der Waals surface area contributed by atoms with Crippen LogP contribution in [-0.2, 0) is 31.7 Å². The molecule has 0 fully saturated rings. The number of benzene rings is 2. The summed E-state index contributed by atoms with van der Waals surface area (Å²) in [5, 5.41) is 5.09. The van der Waals surface area contributed by atoms with Crippen LogP contribution in [0.3, 0.4) is 0 Å². The molecule has 0 spiro atoms. The Labute approximate surface area is 212 Å². The van der Waals surface area contributed by atoms with Gasteiger partial charge in [0.1, 0.15) is 22.8 Å². The van der Waals surface area contributed by atoms with Crippen LogP contribution in [0.2, 0.25) is 0 Å². The first-order chi connectivity index (χ1) is 17.1. The van der Waals surface area contributed by atoms with Gasteiger partial charge in [-0.2, -0.15) is 0 Å². The molecule has 0 aliphatic heterocycles. The molecule has 0 aliphatic rings. The van der Waals surface area contributed by atoms with E-state index in [2.05, 4.69) is 0 Å². The van der Waals surface area contributed by atoms with Crippen molar-refractivity contribution in [1.82, 2.24) is 0 Å². The van der Waals surface area contributed by atoms with Gasteiger partial charge in [-0.15, -0.1) is 0 Å². The van der Waals surface area contributed by atoms with Gasteiger partial charge >= 0.3 is 0 Å². The van der Waals surface area contributed by atoms with Gasteiger partial charge in [0, 0.05) is 25.8 Å². The lowest BCUT2D eigenvalue weighted by Crippen LogP contribution is -2.14. The minimum absolute atomic E-state index is 0.00332. The molecule has 0 unspecified atom stereocenters. The van der Waals surface area contributed by atoms with Crippen molar-refractivity contribution in [2.45, 2.75) is 26.0 Å². The van der Waals surface area contributed by atoms with Gasteiger partial charge in [0.15, 0.2) is 19.4 Å². The smallest absolute Gasteiger partial charge is 0.213 e. The van der Waals surface area contributed by atoms with Crippen LogP contribution in [0.5, 0.6) is 17.2 Å².